The Morgan fingerprint density at radius 2 is 2.17 bits per heavy atom. The minimum absolute atomic E-state index is 0.807. The van der Waals surface area contributed by atoms with Crippen molar-refractivity contribution in [3.63, 3.8) is 0 Å². The lowest BCUT2D eigenvalue weighted by Crippen LogP contribution is -2.11. The van der Waals surface area contributed by atoms with E-state index in [0.717, 1.165) is 38.3 Å². The van der Waals surface area contributed by atoms with E-state index in [1.165, 1.54) is 18.4 Å². The molecule has 0 aliphatic rings. The Bertz CT molecular complexity index is 336. The Balaban J connectivity index is 2.22. The van der Waals surface area contributed by atoms with Crippen LogP contribution in [-0.4, -0.2) is 13.2 Å². The highest BCUT2D eigenvalue weighted by Gasteiger charge is 1.96. The van der Waals surface area contributed by atoms with Crippen LogP contribution in [0.5, 0.6) is 5.75 Å². The molecule has 0 atom stereocenters. The molecule has 1 aromatic carbocycles. The number of rotatable bonds is 10. The van der Waals surface area contributed by atoms with Crippen molar-refractivity contribution >= 4 is 0 Å². The van der Waals surface area contributed by atoms with Crippen molar-refractivity contribution in [2.75, 3.05) is 13.2 Å². The first-order chi connectivity index (χ1) is 8.86. The molecule has 0 amide bonds. The van der Waals surface area contributed by atoms with E-state index in [0.29, 0.717) is 0 Å². The molecule has 0 saturated heterocycles. The number of benzene rings is 1. The molecular formula is C16H25NO. The molecule has 2 heteroatoms. The van der Waals surface area contributed by atoms with Gasteiger partial charge in [0.25, 0.3) is 0 Å². The zero-order valence-corrected chi connectivity index (χ0v) is 11.5. The third-order valence-corrected chi connectivity index (χ3v) is 2.80. The number of unbranched alkanes of at least 4 members (excludes halogenated alkanes) is 3. The average Bonchev–Trinajstić information content (AvgIpc) is 2.41. The first kappa shape index (κ1) is 14.8. The summed E-state index contributed by atoms with van der Waals surface area (Å²) in [4.78, 5) is 0. The summed E-state index contributed by atoms with van der Waals surface area (Å²) >= 11 is 0. The fourth-order valence-electron chi connectivity index (χ4n) is 1.77. The molecule has 1 aromatic rings. The molecular weight excluding hydrogens is 222 g/mol. The van der Waals surface area contributed by atoms with Gasteiger partial charge >= 0.3 is 0 Å². The fraction of sp³-hybridized carbons (Fsp3) is 0.500. The average molecular weight is 247 g/mol. The van der Waals surface area contributed by atoms with Crippen molar-refractivity contribution in [2.45, 2.75) is 39.2 Å². The van der Waals surface area contributed by atoms with Gasteiger partial charge in [0.2, 0.25) is 0 Å². The van der Waals surface area contributed by atoms with Crippen LogP contribution in [0.15, 0.2) is 36.9 Å². The predicted molar refractivity (Wildman–Crippen MR) is 78.0 cm³/mol. The molecule has 18 heavy (non-hydrogen) atoms. The molecule has 100 valence electrons. The quantitative estimate of drug-likeness (QED) is 0.500. The van der Waals surface area contributed by atoms with Crippen LogP contribution in [0.25, 0.3) is 0 Å². The maximum Gasteiger partial charge on any atom is 0.119 e. The van der Waals surface area contributed by atoms with Gasteiger partial charge in [-0.25, -0.2) is 0 Å². The summed E-state index contributed by atoms with van der Waals surface area (Å²) < 4.78 is 5.75. The minimum Gasteiger partial charge on any atom is -0.494 e. The number of allylic oxidation sites excluding steroid dienone is 1. The standard InChI is InChI=1S/C16H25NO/c1-3-5-6-7-8-12-18-16-11-9-10-15(13-16)14-17-4-2/h3,9-11,13,17H,1,4-8,12,14H2,2H3. The summed E-state index contributed by atoms with van der Waals surface area (Å²) in [6.07, 6.45) is 6.63. The highest BCUT2D eigenvalue weighted by Crippen LogP contribution is 2.14. The SMILES string of the molecule is C=CCCCCCOc1cccc(CNCC)c1. The van der Waals surface area contributed by atoms with Crippen molar-refractivity contribution in [3.05, 3.63) is 42.5 Å². The van der Waals surface area contributed by atoms with Crippen LogP contribution in [0.4, 0.5) is 0 Å². The summed E-state index contributed by atoms with van der Waals surface area (Å²) in [5, 5.41) is 3.32. The lowest BCUT2D eigenvalue weighted by molar-refractivity contribution is 0.305. The number of ether oxygens (including phenoxy) is 1. The molecule has 1 rings (SSSR count). The van der Waals surface area contributed by atoms with Gasteiger partial charge < -0.3 is 10.1 Å². The molecule has 0 heterocycles. The largest absolute Gasteiger partial charge is 0.494 e. The third kappa shape index (κ3) is 6.45. The zero-order valence-electron chi connectivity index (χ0n) is 11.5. The van der Waals surface area contributed by atoms with Crippen molar-refractivity contribution in [1.29, 1.82) is 0 Å². The van der Waals surface area contributed by atoms with E-state index in [1.807, 2.05) is 12.1 Å². The molecule has 0 fully saturated rings. The molecule has 0 radical (unpaired) electrons. The van der Waals surface area contributed by atoms with Gasteiger partial charge in [0, 0.05) is 6.54 Å². The van der Waals surface area contributed by atoms with Crippen molar-refractivity contribution in [1.82, 2.24) is 5.32 Å². The summed E-state index contributed by atoms with van der Waals surface area (Å²) in [5.74, 6) is 0.981. The van der Waals surface area contributed by atoms with Gasteiger partial charge in [0.1, 0.15) is 5.75 Å². The van der Waals surface area contributed by atoms with E-state index in [-0.39, 0.29) is 0 Å². The molecule has 0 spiro atoms. The van der Waals surface area contributed by atoms with E-state index in [1.54, 1.807) is 0 Å². The minimum atomic E-state index is 0.807. The van der Waals surface area contributed by atoms with Crippen LogP contribution < -0.4 is 10.1 Å². The molecule has 0 aliphatic heterocycles. The molecule has 0 saturated carbocycles. The van der Waals surface area contributed by atoms with Crippen LogP contribution in [0, 0.1) is 0 Å². The molecule has 0 unspecified atom stereocenters. The first-order valence-electron chi connectivity index (χ1n) is 6.90. The maximum absolute atomic E-state index is 5.75. The summed E-state index contributed by atoms with van der Waals surface area (Å²) in [7, 11) is 0. The second-order valence-corrected chi connectivity index (χ2v) is 4.41. The third-order valence-electron chi connectivity index (χ3n) is 2.80. The molecule has 2 nitrogen and oxygen atoms in total. The first-order valence-corrected chi connectivity index (χ1v) is 6.90. The summed E-state index contributed by atoms with van der Waals surface area (Å²) in [5.41, 5.74) is 1.28. The monoisotopic (exact) mass is 247 g/mol. The highest BCUT2D eigenvalue weighted by atomic mass is 16.5. The Morgan fingerprint density at radius 1 is 1.28 bits per heavy atom. The van der Waals surface area contributed by atoms with Crippen LogP contribution in [-0.2, 0) is 6.54 Å². The van der Waals surface area contributed by atoms with Crippen molar-refractivity contribution in [2.24, 2.45) is 0 Å². The van der Waals surface area contributed by atoms with Gasteiger partial charge in [0.15, 0.2) is 0 Å². The second kappa shape index (κ2) is 9.72. The lowest BCUT2D eigenvalue weighted by Gasteiger charge is -2.08. The van der Waals surface area contributed by atoms with Crippen molar-refractivity contribution in [3.8, 4) is 5.75 Å². The van der Waals surface area contributed by atoms with E-state index < -0.39 is 0 Å². The smallest absolute Gasteiger partial charge is 0.119 e. The Kier molecular flexibility index (Phi) is 7.98. The molecule has 0 aromatic heterocycles. The number of hydrogen-bond donors (Lipinski definition) is 1. The van der Waals surface area contributed by atoms with E-state index in [9.17, 15) is 0 Å². The van der Waals surface area contributed by atoms with Gasteiger partial charge in [-0.3, -0.25) is 0 Å². The summed E-state index contributed by atoms with van der Waals surface area (Å²) in [6, 6.07) is 8.32. The highest BCUT2D eigenvalue weighted by molar-refractivity contribution is 5.28. The van der Waals surface area contributed by atoms with Gasteiger partial charge in [-0.2, -0.15) is 0 Å². The maximum atomic E-state index is 5.75. The molecule has 1 N–H and O–H groups in total. The summed E-state index contributed by atoms with van der Waals surface area (Å²) in [6.45, 7) is 8.55. The second-order valence-electron chi connectivity index (χ2n) is 4.41. The topological polar surface area (TPSA) is 21.3 Å². The number of hydrogen-bond acceptors (Lipinski definition) is 2. The fourth-order valence-corrected chi connectivity index (χ4v) is 1.77. The van der Waals surface area contributed by atoms with Gasteiger partial charge in [0.05, 0.1) is 6.61 Å². The van der Waals surface area contributed by atoms with Gasteiger partial charge in [-0.05, 0) is 49.9 Å². The normalized spacial score (nSPS) is 10.3. The molecule has 0 aliphatic carbocycles. The van der Waals surface area contributed by atoms with Crippen LogP contribution in [0.3, 0.4) is 0 Å². The lowest BCUT2D eigenvalue weighted by atomic mass is 10.2. The van der Waals surface area contributed by atoms with Crippen LogP contribution in [0.2, 0.25) is 0 Å². The Labute approximate surface area is 111 Å². The van der Waals surface area contributed by atoms with E-state index >= 15 is 0 Å². The van der Waals surface area contributed by atoms with E-state index in [4.69, 9.17) is 4.74 Å². The Hall–Kier alpha value is -1.28. The van der Waals surface area contributed by atoms with E-state index in [2.05, 4.69) is 37.0 Å². The predicted octanol–water partition coefficient (Wildman–Crippen LogP) is 3.92. The zero-order chi connectivity index (χ0) is 13.1. The van der Waals surface area contributed by atoms with Crippen LogP contribution >= 0.6 is 0 Å². The number of nitrogens with one attached hydrogen (secondary N) is 1. The van der Waals surface area contributed by atoms with Crippen molar-refractivity contribution < 1.29 is 4.74 Å². The van der Waals surface area contributed by atoms with Crippen LogP contribution in [0.1, 0.15) is 38.2 Å². The van der Waals surface area contributed by atoms with Gasteiger partial charge in [-0.1, -0.05) is 25.1 Å². The van der Waals surface area contributed by atoms with Gasteiger partial charge in [-0.15, -0.1) is 6.58 Å². The Morgan fingerprint density at radius 3 is 2.94 bits per heavy atom. The molecule has 0 bridgehead atoms.